The summed E-state index contributed by atoms with van der Waals surface area (Å²) in [6.07, 6.45) is 9.65. The Morgan fingerprint density at radius 3 is 1.32 bits per heavy atom. The van der Waals surface area contributed by atoms with E-state index in [4.69, 9.17) is 0 Å². The van der Waals surface area contributed by atoms with Crippen molar-refractivity contribution in [1.29, 1.82) is 0 Å². The van der Waals surface area contributed by atoms with Gasteiger partial charge < -0.3 is 0 Å². The van der Waals surface area contributed by atoms with Crippen LogP contribution in [0.2, 0.25) is 0 Å². The fourth-order valence-electron chi connectivity index (χ4n) is 14.0. The molecule has 12 aliphatic rings. The summed E-state index contributed by atoms with van der Waals surface area (Å²) in [7, 11) is 0. The lowest BCUT2D eigenvalue weighted by atomic mass is 9.12. The molecule has 9 saturated carbocycles. The minimum Gasteiger partial charge on any atom is -0.0496 e. The molecule has 0 saturated heterocycles. The smallest absolute Gasteiger partial charge is 0.00500 e. The van der Waals surface area contributed by atoms with Gasteiger partial charge in [0.05, 0.1) is 0 Å². The first-order valence-electron chi connectivity index (χ1n) is 13.4. The second-order valence-electron chi connectivity index (χ2n) is 14.1. The molecule has 17 unspecified atom stereocenters. The molecule has 12 aliphatic carbocycles. The number of allylic oxidation sites excluding steroid dienone is 4. The molecule has 0 aromatic rings. The zero-order chi connectivity index (χ0) is 16.9. The highest BCUT2D eigenvalue weighted by Gasteiger charge is 2.88. The van der Waals surface area contributed by atoms with E-state index in [1.54, 1.807) is 38.5 Å². The van der Waals surface area contributed by atoms with E-state index in [0.29, 0.717) is 0 Å². The van der Waals surface area contributed by atoms with Gasteiger partial charge in [-0.1, -0.05) is 0 Å². The van der Waals surface area contributed by atoms with E-state index < -0.39 is 0 Å². The van der Waals surface area contributed by atoms with Crippen molar-refractivity contribution in [1.82, 2.24) is 0 Å². The van der Waals surface area contributed by atoms with Gasteiger partial charge in [0.2, 0.25) is 0 Å². The highest BCUT2D eigenvalue weighted by Crippen LogP contribution is 2.93. The Labute approximate surface area is 167 Å². The fourth-order valence-corrected chi connectivity index (χ4v) is 14.0. The highest BCUT2D eigenvalue weighted by atomic mass is 14.9. The molecule has 0 heterocycles. The molecule has 0 nitrogen and oxygen atoms in total. The van der Waals surface area contributed by atoms with Gasteiger partial charge in [0.15, 0.2) is 0 Å². The van der Waals surface area contributed by atoms with Gasteiger partial charge in [0.1, 0.15) is 0 Å². The third kappa shape index (κ3) is 0.870. The number of hydrogen-bond donors (Lipinski definition) is 0. The van der Waals surface area contributed by atoms with Crippen LogP contribution in [-0.4, -0.2) is 0 Å². The average molecular weight is 367 g/mol. The van der Waals surface area contributed by atoms with Crippen molar-refractivity contribution >= 4 is 0 Å². The minimum atomic E-state index is 1.10. The predicted octanol–water partition coefficient (Wildman–Crippen LogP) is 5.18. The standard InChI is InChI=1S/C28H30/c1-2-7(1)12-13-8-3-4-9(8)14(13)18-17(12)21-22(18)26-25(21)27-23-19-15-10-5-6-11(10)16(15)20(19)24(23)28(26)27/h7-16,19-20,23-28H,1-6H2. The van der Waals surface area contributed by atoms with Gasteiger partial charge in [-0.05, 0) is 167 Å². The van der Waals surface area contributed by atoms with Gasteiger partial charge >= 0.3 is 0 Å². The maximum atomic E-state index is 2.09. The Bertz CT molecular complexity index is 1020. The van der Waals surface area contributed by atoms with E-state index >= 15 is 0 Å². The Kier molecular flexibility index (Phi) is 1.56. The summed E-state index contributed by atoms with van der Waals surface area (Å²) in [5.41, 5.74) is 8.35. The topological polar surface area (TPSA) is 0 Å². The van der Waals surface area contributed by atoms with Crippen LogP contribution in [0.5, 0.6) is 0 Å². The highest BCUT2D eigenvalue weighted by molar-refractivity contribution is 5.76. The lowest BCUT2D eigenvalue weighted by Gasteiger charge is -2.92. The lowest BCUT2D eigenvalue weighted by Crippen LogP contribution is -2.88. The Morgan fingerprint density at radius 2 is 0.786 bits per heavy atom. The summed E-state index contributed by atoms with van der Waals surface area (Å²) >= 11 is 0. The number of fused-ring (bicyclic) bond motifs is 25. The molecule has 142 valence electrons. The van der Waals surface area contributed by atoms with Crippen LogP contribution >= 0.6 is 0 Å². The maximum absolute atomic E-state index is 2.09. The van der Waals surface area contributed by atoms with Crippen LogP contribution in [0.4, 0.5) is 0 Å². The minimum absolute atomic E-state index is 1.10. The molecule has 0 bridgehead atoms. The van der Waals surface area contributed by atoms with E-state index in [1.165, 1.54) is 76.9 Å². The molecule has 0 aromatic heterocycles. The third-order valence-corrected chi connectivity index (χ3v) is 14.8. The summed E-state index contributed by atoms with van der Waals surface area (Å²) in [5.74, 6) is 21.7. The van der Waals surface area contributed by atoms with Gasteiger partial charge in [0, 0.05) is 0 Å². The maximum Gasteiger partial charge on any atom is -0.00500 e. The molecule has 0 radical (unpaired) electrons. The Morgan fingerprint density at radius 1 is 0.321 bits per heavy atom. The molecule has 0 amide bonds. The van der Waals surface area contributed by atoms with Crippen LogP contribution in [0.15, 0.2) is 22.3 Å². The Hall–Kier alpha value is -0.520. The Balaban J connectivity index is 0.938. The van der Waals surface area contributed by atoms with E-state index in [2.05, 4.69) is 22.3 Å². The van der Waals surface area contributed by atoms with Gasteiger partial charge in [-0.15, -0.1) is 0 Å². The van der Waals surface area contributed by atoms with Gasteiger partial charge in [-0.25, -0.2) is 0 Å². The molecule has 0 spiro atoms. The van der Waals surface area contributed by atoms with E-state index in [1.807, 2.05) is 0 Å². The molecular weight excluding hydrogens is 336 g/mol. The summed E-state index contributed by atoms with van der Waals surface area (Å²) in [6, 6.07) is 0. The molecular formula is C28H30. The lowest BCUT2D eigenvalue weighted by molar-refractivity contribution is -0.428. The van der Waals surface area contributed by atoms with Crippen LogP contribution in [0.3, 0.4) is 0 Å². The summed E-state index contributed by atoms with van der Waals surface area (Å²) in [4.78, 5) is 0. The summed E-state index contributed by atoms with van der Waals surface area (Å²) in [5, 5.41) is 0. The summed E-state index contributed by atoms with van der Waals surface area (Å²) < 4.78 is 0. The van der Waals surface area contributed by atoms with Crippen LogP contribution in [0.1, 0.15) is 38.5 Å². The molecule has 17 atom stereocenters. The molecule has 28 heavy (non-hydrogen) atoms. The van der Waals surface area contributed by atoms with E-state index in [-0.39, 0.29) is 0 Å². The predicted molar refractivity (Wildman–Crippen MR) is 105 cm³/mol. The summed E-state index contributed by atoms with van der Waals surface area (Å²) in [6.45, 7) is 0. The van der Waals surface area contributed by atoms with Gasteiger partial charge in [-0.3, -0.25) is 0 Å². The molecule has 0 heteroatoms. The van der Waals surface area contributed by atoms with E-state index in [0.717, 1.165) is 29.6 Å². The molecule has 12 rings (SSSR count). The van der Waals surface area contributed by atoms with Crippen molar-refractivity contribution in [3.05, 3.63) is 22.3 Å². The van der Waals surface area contributed by atoms with Crippen LogP contribution in [0.25, 0.3) is 0 Å². The second kappa shape index (κ2) is 3.36. The van der Waals surface area contributed by atoms with Crippen molar-refractivity contribution in [2.24, 2.45) is 107 Å². The van der Waals surface area contributed by atoms with Crippen molar-refractivity contribution in [3.8, 4) is 0 Å². The fraction of sp³-hybridized carbons (Fsp3) is 0.857. The second-order valence-corrected chi connectivity index (χ2v) is 14.1. The molecule has 9 fully saturated rings. The van der Waals surface area contributed by atoms with Crippen LogP contribution in [0, 0.1) is 107 Å². The SMILES string of the molecule is C1CC1C1C2=C(C3=C2C2C3C3C2C2C4C5C6CCC6C5C4C32)C2C3CCC3C12. The average Bonchev–Trinajstić information content (AvgIpc) is 3.41. The monoisotopic (exact) mass is 366 g/mol. The van der Waals surface area contributed by atoms with E-state index in [9.17, 15) is 0 Å². The molecule has 0 aliphatic heterocycles. The van der Waals surface area contributed by atoms with Gasteiger partial charge in [-0.2, -0.15) is 0 Å². The third-order valence-electron chi connectivity index (χ3n) is 14.8. The van der Waals surface area contributed by atoms with Crippen molar-refractivity contribution in [3.63, 3.8) is 0 Å². The number of rotatable bonds is 1. The largest absolute Gasteiger partial charge is 0.0496 e. The van der Waals surface area contributed by atoms with Crippen molar-refractivity contribution < 1.29 is 0 Å². The zero-order valence-corrected chi connectivity index (χ0v) is 16.6. The number of hydrogen-bond acceptors (Lipinski definition) is 0. The first-order chi connectivity index (χ1) is 13.9. The first kappa shape index (κ1) is 13.0. The normalized spacial score (nSPS) is 77.8. The van der Waals surface area contributed by atoms with Crippen molar-refractivity contribution in [2.45, 2.75) is 38.5 Å². The molecule has 0 aromatic carbocycles. The zero-order valence-electron chi connectivity index (χ0n) is 16.6. The molecule has 0 N–H and O–H groups in total. The quantitative estimate of drug-likeness (QED) is 0.561. The van der Waals surface area contributed by atoms with Crippen molar-refractivity contribution in [2.75, 3.05) is 0 Å². The van der Waals surface area contributed by atoms with Crippen LogP contribution < -0.4 is 0 Å². The van der Waals surface area contributed by atoms with Gasteiger partial charge in [0.25, 0.3) is 0 Å². The first-order valence-corrected chi connectivity index (χ1v) is 13.4. The van der Waals surface area contributed by atoms with Crippen LogP contribution in [-0.2, 0) is 0 Å².